The van der Waals surface area contributed by atoms with Crippen molar-refractivity contribution < 1.29 is 26.3 Å². The number of pyridine rings is 1. The number of nitrogens with zero attached hydrogens (tertiary/aromatic N) is 4. The molecule has 2 aromatic rings. The lowest BCUT2D eigenvalue weighted by atomic mass is 9.99. The van der Waals surface area contributed by atoms with Gasteiger partial charge < -0.3 is 4.74 Å². The number of rotatable bonds is 6. The van der Waals surface area contributed by atoms with Crippen molar-refractivity contribution in [1.82, 2.24) is 14.2 Å². The van der Waals surface area contributed by atoms with E-state index in [4.69, 9.17) is 4.74 Å². The first-order valence-electron chi connectivity index (χ1n) is 10.9. The summed E-state index contributed by atoms with van der Waals surface area (Å²) in [6.07, 6.45) is -0.286. The van der Waals surface area contributed by atoms with Gasteiger partial charge in [-0.1, -0.05) is 6.07 Å². The molecule has 1 aromatic heterocycles. The minimum Gasteiger partial charge on any atom is -0.490 e. The van der Waals surface area contributed by atoms with Gasteiger partial charge in [-0.05, 0) is 48.1 Å². The second-order valence-corrected chi connectivity index (χ2v) is 10.8. The first-order valence-corrected chi connectivity index (χ1v) is 12.8. The van der Waals surface area contributed by atoms with Gasteiger partial charge in [-0.3, -0.25) is 9.88 Å². The van der Waals surface area contributed by atoms with Crippen molar-refractivity contribution in [2.24, 2.45) is 5.92 Å². The van der Waals surface area contributed by atoms with Crippen molar-refractivity contribution in [1.29, 1.82) is 5.26 Å². The van der Waals surface area contributed by atoms with Crippen LogP contribution in [0, 0.1) is 17.2 Å². The minimum atomic E-state index is -4.37. The summed E-state index contributed by atoms with van der Waals surface area (Å²) in [5.41, 5.74) is 1.83. The quantitative estimate of drug-likeness (QED) is 0.562. The number of sulfonamides is 1. The van der Waals surface area contributed by atoms with Crippen LogP contribution in [0.4, 0.5) is 13.2 Å². The highest BCUT2D eigenvalue weighted by Gasteiger charge is 2.32. The molecule has 1 aromatic carbocycles. The molecule has 1 saturated heterocycles. The van der Waals surface area contributed by atoms with Crippen LogP contribution in [0.1, 0.15) is 40.8 Å². The highest BCUT2D eigenvalue weighted by molar-refractivity contribution is 7.88. The van der Waals surface area contributed by atoms with E-state index in [0.29, 0.717) is 74.7 Å². The van der Waals surface area contributed by atoms with Gasteiger partial charge in [0.25, 0.3) is 0 Å². The summed E-state index contributed by atoms with van der Waals surface area (Å²) in [5.74, 6) is 0.560. The zero-order valence-electron chi connectivity index (χ0n) is 19.1. The molecule has 0 bridgehead atoms. The third-order valence-corrected chi connectivity index (χ3v) is 7.57. The molecule has 0 atom stereocenters. The average Bonchev–Trinajstić information content (AvgIpc) is 3.18. The van der Waals surface area contributed by atoms with E-state index < -0.39 is 21.8 Å². The molecule has 0 amide bonds. The van der Waals surface area contributed by atoms with Crippen molar-refractivity contribution in [2.75, 3.05) is 26.0 Å². The van der Waals surface area contributed by atoms with Crippen LogP contribution in [-0.2, 0) is 35.8 Å². The lowest BCUT2D eigenvalue weighted by Gasteiger charge is -2.30. The van der Waals surface area contributed by atoms with Gasteiger partial charge in [-0.2, -0.15) is 18.4 Å². The van der Waals surface area contributed by atoms with Crippen molar-refractivity contribution in [3.8, 4) is 11.8 Å². The van der Waals surface area contributed by atoms with Crippen molar-refractivity contribution in [3.05, 3.63) is 58.4 Å². The number of halogens is 4. The van der Waals surface area contributed by atoms with E-state index in [0.717, 1.165) is 11.6 Å². The number of fused-ring (bicyclic) bond motifs is 1. The molecular formula is C23H26ClF3N4O3S. The Hall–Kier alpha value is -2.39. The normalized spacial score (nSPS) is 17.5. The Balaban J connectivity index is 0.00000342. The van der Waals surface area contributed by atoms with E-state index >= 15 is 0 Å². The Kier molecular flexibility index (Phi) is 8.32. The van der Waals surface area contributed by atoms with Crippen molar-refractivity contribution in [3.63, 3.8) is 0 Å². The summed E-state index contributed by atoms with van der Waals surface area (Å²) in [5, 5.41) is 9.56. The number of hydrogen-bond donors (Lipinski definition) is 0. The van der Waals surface area contributed by atoms with Crippen LogP contribution in [0.3, 0.4) is 0 Å². The van der Waals surface area contributed by atoms with Crippen LogP contribution < -0.4 is 4.74 Å². The molecule has 0 saturated carbocycles. The van der Waals surface area contributed by atoms with Crippen molar-refractivity contribution >= 4 is 22.4 Å². The maximum atomic E-state index is 13.0. The second kappa shape index (κ2) is 10.7. The monoisotopic (exact) mass is 530 g/mol. The van der Waals surface area contributed by atoms with E-state index in [1.807, 2.05) is 4.90 Å². The van der Waals surface area contributed by atoms with Gasteiger partial charge in [-0.15, -0.1) is 12.4 Å². The fourth-order valence-electron chi connectivity index (χ4n) is 4.37. The van der Waals surface area contributed by atoms with Crippen LogP contribution in [0.2, 0.25) is 0 Å². The van der Waals surface area contributed by atoms with Gasteiger partial charge in [0.15, 0.2) is 5.75 Å². The Bertz CT molecular complexity index is 1210. The van der Waals surface area contributed by atoms with Crippen LogP contribution in [-0.4, -0.2) is 48.6 Å². The molecule has 3 heterocycles. The van der Waals surface area contributed by atoms with E-state index in [2.05, 4.69) is 11.1 Å². The third-order valence-electron chi connectivity index (χ3n) is 6.27. The fourth-order valence-corrected chi connectivity index (χ4v) is 5.25. The zero-order valence-corrected chi connectivity index (χ0v) is 20.7. The van der Waals surface area contributed by atoms with E-state index in [-0.39, 0.29) is 18.3 Å². The molecule has 0 radical (unpaired) electrons. The third kappa shape index (κ3) is 6.64. The highest BCUT2D eigenvalue weighted by Crippen LogP contribution is 2.33. The summed E-state index contributed by atoms with van der Waals surface area (Å²) in [4.78, 5) is 6.37. The molecule has 7 nitrogen and oxygen atoms in total. The number of nitriles is 1. The highest BCUT2D eigenvalue weighted by atomic mass is 35.5. The van der Waals surface area contributed by atoms with Gasteiger partial charge in [0.05, 0.1) is 35.9 Å². The molecule has 12 heteroatoms. The maximum absolute atomic E-state index is 13.0. The minimum absolute atomic E-state index is 0. The summed E-state index contributed by atoms with van der Waals surface area (Å²) in [6.45, 7) is 2.58. The molecule has 0 aliphatic carbocycles. The molecule has 2 aliphatic heterocycles. The molecular weight excluding hydrogens is 505 g/mol. The van der Waals surface area contributed by atoms with E-state index in [9.17, 15) is 26.9 Å². The Morgan fingerprint density at radius 1 is 1.17 bits per heavy atom. The predicted octanol–water partition coefficient (Wildman–Crippen LogP) is 3.96. The van der Waals surface area contributed by atoms with Gasteiger partial charge in [0.1, 0.15) is 6.07 Å². The topological polar surface area (TPSA) is 86.5 Å². The maximum Gasteiger partial charge on any atom is 0.416 e. The lowest BCUT2D eigenvalue weighted by Crippen LogP contribution is -2.39. The summed E-state index contributed by atoms with van der Waals surface area (Å²) >= 11 is 0. The zero-order chi connectivity index (χ0) is 24.5. The standard InChI is InChI=1S/C23H25F3N4O3S.ClH/c1-34(31,32)30-6-4-16(5-7-30)15-33-22-11-28-21(9-18(22)10-27)14-29-12-17-2-3-20(23(24,25)26)8-19(17)13-29;/h2-3,8-9,11,16H,4-7,12-15H2,1H3;1H. The molecule has 0 N–H and O–H groups in total. The summed E-state index contributed by atoms with van der Waals surface area (Å²) in [6, 6.07) is 7.58. The van der Waals surface area contributed by atoms with Crippen LogP contribution in [0.15, 0.2) is 30.5 Å². The molecule has 1 fully saturated rings. The van der Waals surface area contributed by atoms with Gasteiger partial charge in [0, 0.05) is 32.7 Å². The molecule has 35 heavy (non-hydrogen) atoms. The predicted molar refractivity (Wildman–Crippen MR) is 125 cm³/mol. The van der Waals surface area contributed by atoms with Crippen molar-refractivity contribution in [2.45, 2.75) is 38.7 Å². The fraction of sp³-hybridized carbons (Fsp3) is 0.478. The molecule has 4 rings (SSSR count). The number of benzene rings is 1. The van der Waals surface area contributed by atoms with E-state index in [1.165, 1.54) is 28.9 Å². The summed E-state index contributed by atoms with van der Waals surface area (Å²) in [7, 11) is -3.18. The van der Waals surface area contributed by atoms with Crippen LogP contribution >= 0.6 is 12.4 Å². The number of alkyl halides is 3. The molecule has 0 spiro atoms. The Morgan fingerprint density at radius 3 is 2.49 bits per heavy atom. The number of ether oxygens (including phenoxy) is 1. The SMILES string of the molecule is CS(=O)(=O)N1CCC(COc2cnc(CN3Cc4ccc(C(F)(F)F)cc4C3)cc2C#N)CC1.Cl. The van der Waals surface area contributed by atoms with Crippen LogP contribution in [0.5, 0.6) is 5.75 Å². The van der Waals surface area contributed by atoms with Crippen LogP contribution in [0.25, 0.3) is 0 Å². The largest absolute Gasteiger partial charge is 0.490 e. The smallest absolute Gasteiger partial charge is 0.416 e. The average molecular weight is 531 g/mol. The molecule has 190 valence electrons. The Labute approximate surface area is 209 Å². The first-order chi connectivity index (χ1) is 16.0. The number of aromatic nitrogens is 1. The van der Waals surface area contributed by atoms with Gasteiger partial charge in [-0.25, -0.2) is 12.7 Å². The summed E-state index contributed by atoms with van der Waals surface area (Å²) < 4.78 is 69.5. The van der Waals surface area contributed by atoms with Gasteiger partial charge >= 0.3 is 6.18 Å². The first kappa shape index (κ1) is 27.2. The van der Waals surface area contributed by atoms with Gasteiger partial charge in [0.2, 0.25) is 10.0 Å². The van der Waals surface area contributed by atoms with E-state index in [1.54, 1.807) is 6.07 Å². The lowest BCUT2D eigenvalue weighted by molar-refractivity contribution is -0.137. The second-order valence-electron chi connectivity index (χ2n) is 8.83. The number of hydrogen-bond acceptors (Lipinski definition) is 6. The molecule has 0 unspecified atom stereocenters. The molecule has 2 aliphatic rings. The Morgan fingerprint density at radius 2 is 1.86 bits per heavy atom. The number of piperidine rings is 1.